The first-order chi connectivity index (χ1) is 13.4. The van der Waals surface area contributed by atoms with Crippen molar-refractivity contribution in [1.29, 1.82) is 0 Å². The molecule has 0 saturated heterocycles. The van der Waals surface area contributed by atoms with Crippen LogP contribution in [0.4, 0.5) is 0 Å². The molecule has 0 fully saturated rings. The maximum absolute atomic E-state index is 12.7. The van der Waals surface area contributed by atoms with Crippen LogP contribution < -0.4 is 19.5 Å². The summed E-state index contributed by atoms with van der Waals surface area (Å²) in [6, 6.07) is 12.6. The largest absolute Gasteiger partial charge is 0.490 e. The zero-order valence-corrected chi connectivity index (χ0v) is 17.2. The number of amides is 1. The summed E-state index contributed by atoms with van der Waals surface area (Å²) < 4.78 is 17.2. The first kappa shape index (κ1) is 20.3. The molecule has 2 aromatic carbocycles. The Kier molecular flexibility index (Phi) is 6.68. The maximum Gasteiger partial charge on any atom is 0.261 e. The summed E-state index contributed by atoms with van der Waals surface area (Å²) in [6.45, 7) is 7.14. The van der Waals surface area contributed by atoms with Crippen molar-refractivity contribution in [1.82, 2.24) is 5.32 Å². The molecule has 1 aliphatic rings. The molecule has 1 aliphatic heterocycles. The molecule has 150 valence electrons. The molecule has 2 aromatic rings. The van der Waals surface area contributed by atoms with E-state index in [1.807, 2.05) is 18.2 Å². The van der Waals surface area contributed by atoms with Gasteiger partial charge in [0.05, 0.1) is 19.3 Å². The second kappa shape index (κ2) is 9.20. The van der Waals surface area contributed by atoms with Crippen LogP contribution in [0.1, 0.15) is 38.8 Å². The van der Waals surface area contributed by atoms with Gasteiger partial charge in [0.15, 0.2) is 17.6 Å². The van der Waals surface area contributed by atoms with Crippen LogP contribution >= 0.6 is 11.6 Å². The number of fused-ring (bicyclic) bond motifs is 1. The minimum absolute atomic E-state index is 0.166. The molecule has 0 spiro atoms. The summed E-state index contributed by atoms with van der Waals surface area (Å²) in [5.41, 5.74) is 0.978. The van der Waals surface area contributed by atoms with Gasteiger partial charge in [-0.25, -0.2) is 0 Å². The highest BCUT2D eigenvalue weighted by molar-refractivity contribution is 6.30. The summed E-state index contributed by atoms with van der Waals surface area (Å²) in [6.07, 6.45) is 0.219. The molecule has 6 heteroatoms. The van der Waals surface area contributed by atoms with E-state index in [2.05, 4.69) is 19.2 Å². The minimum Gasteiger partial charge on any atom is -0.490 e. The van der Waals surface area contributed by atoms with Gasteiger partial charge in [-0.1, -0.05) is 31.5 Å². The number of rotatable bonds is 6. The number of halogens is 1. The van der Waals surface area contributed by atoms with E-state index < -0.39 is 6.10 Å². The van der Waals surface area contributed by atoms with Crippen molar-refractivity contribution in [3.05, 3.63) is 53.1 Å². The Morgan fingerprint density at radius 1 is 1.04 bits per heavy atom. The molecular weight excluding hydrogens is 378 g/mol. The van der Waals surface area contributed by atoms with Crippen LogP contribution in [0.2, 0.25) is 5.02 Å². The van der Waals surface area contributed by atoms with Crippen molar-refractivity contribution in [2.45, 2.75) is 39.3 Å². The molecule has 0 aromatic heterocycles. The SMILES string of the molecule is CC(C)[C@@H](NC(=O)[C@@H](C)Oc1ccc(Cl)cc1)c1ccc2c(c1)OCCCO2. The van der Waals surface area contributed by atoms with Gasteiger partial charge < -0.3 is 19.5 Å². The Morgan fingerprint density at radius 3 is 2.39 bits per heavy atom. The number of carbonyl (C=O) groups excluding carboxylic acids is 1. The van der Waals surface area contributed by atoms with Crippen LogP contribution in [0, 0.1) is 5.92 Å². The predicted octanol–water partition coefficient (Wildman–Crippen LogP) is 4.78. The highest BCUT2D eigenvalue weighted by atomic mass is 35.5. The summed E-state index contributed by atoms with van der Waals surface area (Å²) in [7, 11) is 0. The first-order valence-electron chi connectivity index (χ1n) is 9.56. The molecule has 28 heavy (non-hydrogen) atoms. The van der Waals surface area contributed by atoms with Crippen molar-refractivity contribution in [2.24, 2.45) is 5.92 Å². The number of carbonyl (C=O) groups is 1. The van der Waals surface area contributed by atoms with Gasteiger partial charge in [0.1, 0.15) is 5.75 Å². The molecule has 1 N–H and O–H groups in total. The molecular formula is C22H26ClNO4. The number of hydrogen-bond donors (Lipinski definition) is 1. The average molecular weight is 404 g/mol. The fraction of sp³-hybridized carbons (Fsp3) is 0.409. The lowest BCUT2D eigenvalue weighted by Crippen LogP contribution is -2.40. The standard InChI is InChI=1S/C22H26ClNO4/c1-14(2)21(16-5-10-19-20(13-16)27-12-4-11-26-19)24-22(25)15(3)28-18-8-6-17(23)7-9-18/h5-10,13-15,21H,4,11-12H2,1-3H3,(H,24,25)/t15-,21-/m1/s1. The molecule has 3 rings (SSSR count). The molecule has 0 bridgehead atoms. The smallest absolute Gasteiger partial charge is 0.261 e. The Labute approximate surface area is 170 Å². The van der Waals surface area contributed by atoms with Gasteiger partial charge in [-0.2, -0.15) is 0 Å². The van der Waals surface area contributed by atoms with Crippen LogP contribution in [-0.2, 0) is 4.79 Å². The summed E-state index contributed by atoms with van der Waals surface area (Å²) >= 11 is 5.89. The zero-order valence-electron chi connectivity index (χ0n) is 16.4. The van der Waals surface area contributed by atoms with Crippen molar-refractivity contribution in [2.75, 3.05) is 13.2 Å². The van der Waals surface area contributed by atoms with Gasteiger partial charge in [-0.15, -0.1) is 0 Å². The van der Waals surface area contributed by atoms with E-state index in [1.54, 1.807) is 31.2 Å². The van der Waals surface area contributed by atoms with E-state index in [0.717, 1.165) is 23.5 Å². The predicted molar refractivity (Wildman–Crippen MR) is 109 cm³/mol. The van der Waals surface area contributed by atoms with Crippen LogP contribution in [0.25, 0.3) is 0 Å². The van der Waals surface area contributed by atoms with Crippen molar-refractivity contribution < 1.29 is 19.0 Å². The molecule has 0 aliphatic carbocycles. The van der Waals surface area contributed by atoms with E-state index in [0.29, 0.717) is 24.0 Å². The molecule has 0 unspecified atom stereocenters. The third-order valence-corrected chi connectivity index (χ3v) is 4.84. The number of hydrogen-bond acceptors (Lipinski definition) is 4. The number of nitrogens with one attached hydrogen (secondary N) is 1. The van der Waals surface area contributed by atoms with E-state index in [4.69, 9.17) is 25.8 Å². The van der Waals surface area contributed by atoms with Gasteiger partial charge >= 0.3 is 0 Å². The summed E-state index contributed by atoms with van der Waals surface area (Å²) in [5, 5.41) is 3.72. The normalized spacial score (nSPS) is 15.5. The van der Waals surface area contributed by atoms with Gasteiger partial charge in [0.2, 0.25) is 0 Å². The summed E-state index contributed by atoms with van der Waals surface area (Å²) in [4.78, 5) is 12.7. The van der Waals surface area contributed by atoms with Crippen molar-refractivity contribution in [3.8, 4) is 17.2 Å². The maximum atomic E-state index is 12.7. The monoisotopic (exact) mass is 403 g/mol. The highest BCUT2D eigenvalue weighted by Gasteiger charge is 2.24. The van der Waals surface area contributed by atoms with E-state index in [9.17, 15) is 4.79 Å². The highest BCUT2D eigenvalue weighted by Crippen LogP contribution is 2.34. The third-order valence-electron chi connectivity index (χ3n) is 4.59. The fourth-order valence-electron chi connectivity index (χ4n) is 3.05. The van der Waals surface area contributed by atoms with E-state index >= 15 is 0 Å². The molecule has 0 radical (unpaired) electrons. The van der Waals surface area contributed by atoms with Crippen LogP contribution in [-0.4, -0.2) is 25.2 Å². The lowest BCUT2D eigenvalue weighted by Gasteiger charge is -2.25. The number of benzene rings is 2. The summed E-state index contributed by atoms with van der Waals surface area (Å²) in [5.74, 6) is 2.08. The number of ether oxygens (including phenoxy) is 3. The lowest BCUT2D eigenvalue weighted by atomic mass is 9.95. The molecule has 5 nitrogen and oxygen atoms in total. The third kappa shape index (κ3) is 5.10. The Balaban J connectivity index is 1.71. The first-order valence-corrected chi connectivity index (χ1v) is 9.94. The van der Waals surface area contributed by atoms with Crippen molar-refractivity contribution in [3.63, 3.8) is 0 Å². The molecule has 1 heterocycles. The Morgan fingerprint density at radius 2 is 1.71 bits per heavy atom. The molecule has 0 saturated carbocycles. The van der Waals surface area contributed by atoms with Crippen LogP contribution in [0.15, 0.2) is 42.5 Å². The van der Waals surface area contributed by atoms with Gasteiger partial charge in [0, 0.05) is 11.4 Å². The van der Waals surface area contributed by atoms with Gasteiger partial charge in [0.25, 0.3) is 5.91 Å². The second-order valence-electron chi connectivity index (χ2n) is 7.20. The van der Waals surface area contributed by atoms with E-state index in [1.165, 1.54) is 0 Å². The Bertz CT molecular complexity index is 807. The lowest BCUT2D eigenvalue weighted by molar-refractivity contribution is -0.128. The topological polar surface area (TPSA) is 56.8 Å². The van der Waals surface area contributed by atoms with Gasteiger partial charge in [-0.3, -0.25) is 4.79 Å². The van der Waals surface area contributed by atoms with Crippen molar-refractivity contribution >= 4 is 17.5 Å². The Hall–Kier alpha value is -2.40. The average Bonchev–Trinajstić information content (AvgIpc) is 2.92. The molecule has 1 amide bonds. The van der Waals surface area contributed by atoms with Gasteiger partial charge in [-0.05, 0) is 54.8 Å². The van der Waals surface area contributed by atoms with Crippen LogP contribution in [0.5, 0.6) is 17.2 Å². The minimum atomic E-state index is -0.636. The second-order valence-corrected chi connectivity index (χ2v) is 7.64. The molecule has 2 atom stereocenters. The zero-order chi connectivity index (χ0) is 20.1. The fourth-order valence-corrected chi connectivity index (χ4v) is 3.18. The quantitative estimate of drug-likeness (QED) is 0.753. The van der Waals surface area contributed by atoms with Crippen LogP contribution in [0.3, 0.4) is 0 Å². The van der Waals surface area contributed by atoms with E-state index in [-0.39, 0.29) is 17.9 Å².